The molecule has 2 atom stereocenters. The molecule has 1 aromatic rings. The Balaban J connectivity index is 2.22. The highest BCUT2D eigenvalue weighted by Crippen LogP contribution is 2.40. The van der Waals surface area contributed by atoms with E-state index in [0.29, 0.717) is 12.5 Å². The Morgan fingerprint density at radius 2 is 2.06 bits per heavy atom. The molecule has 2 rings (SSSR count). The van der Waals surface area contributed by atoms with Crippen molar-refractivity contribution in [3.63, 3.8) is 0 Å². The number of nitrogens with one attached hydrogen (secondary N) is 1. The van der Waals surface area contributed by atoms with E-state index in [1.165, 1.54) is 12.1 Å². The fourth-order valence-electron chi connectivity index (χ4n) is 2.35. The largest absolute Gasteiger partial charge is 0.376 e. The van der Waals surface area contributed by atoms with Gasteiger partial charge in [-0.2, -0.15) is 0 Å². The van der Waals surface area contributed by atoms with Crippen molar-refractivity contribution >= 4 is 0 Å². The van der Waals surface area contributed by atoms with Crippen LogP contribution in [0.25, 0.3) is 0 Å². The third-order valence-corrected chi connectivity index (χ3v) is 3.39. The lowest BCUT2D eigenvalue weighted by Gasteiger charge is -2.27. The Morgan fingerprint density at radius 3 is 2.56 bits per heavy atom. The Morgan fingerprint density at radius 1 is 1.33 bits per heavy atom. The second-order valence-electron chi connectivity index (χ2n) is 4.70. The topological polar surface area (TPSA) is 21.3 Å². The van der Waals surface area contributed by atoms with Crippen molar-refractivity contribution in [1.82, 2.24) is 5.32 Å². The molecule has 0 aliphatic heterocycles. The predicted molar refractivity (Wildman–Crippen MR) is 66.3 cm³/mol. The molecular formula is C14H19F2NO. The van der Waals surface area contributed by atoms with Crippen molar-refractivity contribution in [2.75, 3.05) is 13.7 Å². The maximum Gasteiger partial charge on any atom is 0.159 e. The summed E-state index contributed by atoms with van der Waals surface area (Å²) in [5, 5.41) is 3.16. The average Bonchev–Trinajstić information content (AvgIpc) is 3.17. The van der Waals surface area contributed by atoms with Crippen LogP contribution >= 0.6 is 0 Å². The summed E-state index contributed by atoms with van der Waals surface area (Å²) < 4.78 is 32.0. The number of benzene rings is 1. The third kappa shape index (κ3) is 2.87. The standard InChI is InChI=1S/C14H19F2NO/c1-3-18-14(9-4-5-9)13(17-2)10-6-7-11(15)12(16)8-10/h6-9,13-14,17H,3-5H2,1-2H3. The van der Waals surface area contributed by atoms with E-state index in [2.05, 4.69) is 5.32 Å². The number of hydrogen-bond donors (Lipinski definition) is 1. The Bertz CT molecular complexity index is 407. The summed E-state index contributed by atoms with van der Waals surface area (Å²) in [6.07, 6.45) is 2.32. The SMILES string of the molecule is CCOC(C1CC1)C(NC)c1ccc(F)c(F)c1. The first-order valence-corrected chi connectivity index (χ1v) is 6.41. The van der Waals surface area contributed by atoms with E-state index in [-0.39, 0.29) is 12.1 Å². The molecule has 0 radical (unpaired) electrons. The number of hydrogen-bond acceptors (Lipinski definition) is 2. The predicted octanol–water partition coefficient (Wildman–Crippen LogP) is 3.04. The molecule has 1 aromatic carbocycles. The third-order valence-electron chi connectivity index (χ3n) is 3.39. The van der Waals surface area contributed by atoms with Crippen LogP contribution in [0.15, 0.2) is 18.2 Å². The van der Waals surface area contributed by atoms with Gasteiger partial charge in [0.2, 0.25) is 0 Å². The van der Waals surface area contributed by atoms with Crippen molar-refractivity contribution in [2.45, 2.75) is 31.9 Å². The average molecular weight is 255 g/mol. The summed E-state index contributed by atoms with van der Waals surface area (Å²) in [6, 6.07) is 3.96. The quantitative estimate of drug-likeness (QED) is 0.843. The second kappa shape index (κ2) is 5.76. The van der Waals surface area contributed by atoms with Crippen molar-refractivity contribution in [3.05, 3.63) is 35.4 Å². The molecular weight excluding hydrogens is 236 g/mol. The lowest BCUT2D eigenvalue weighted by atomic mass is 9.98. The Kier molecular flexibility index (Phi) is 4.30. The Labute approximate surface area is 106 Å². The van der Waals surface area contributed by atoms with E-state index >= 15 is 0 Å². The smallest absolute Gasteiger partial charge is 0.159 e. The number of likely N-dealkylation sites (N-methyl/N-ethyl adjacent to an activating group) is 1. The minimum absolute atomic E-state index is 0.0323. The molecule has 1 aliphatic rings. The number of ether oxygens (including phenoxy) is 1. The summed E-state index contributed by atoms with van der Waals surface area (Å²) in [6.45, 7) is 2.58. The molecule has 100 valence electrons. The molecule has 0 bridgehead atoms. The molecule has 0 amide bonds. The van der Waals surface area contributed by atoms with E-state index in [1.54, 1.807) is 6.07 Å². The van der Waals surface area contributed by atoms with Gasteiger partial charge in [0.1, 0.15) is 0 Å². The number of rotatable bonds is 6. The van der Waals surface area contributed by atoms with Crippen LogP contribution in [0.3, 0.4) is 0 Å². The zero-order chi connectivity index (χ0) is 13.1. The molecule has 0 aromatic heterocycles. The van der Waals surface area contributed by atoms with E-state index < -0.39 is 11.6 Å². The maximum atomic E-state index is 13.3. The van der Waals surface area contributed by atoms with Crippen LogP contribution in [-0.4, -0.2) is 19.8 Å². The lowest BCUT2D eigenvalue weighted by molar-refractivity contribution is 0.0204. The van der Waals surface area contributed by atoms with Gasteiger partial charge < -0.3 is 10.1 Å². The van der Waals surface area contributed by atoms with E-state index in [4.69, 9.17) is 4.74 Å². The number of halogens is 2. The van der Waals surface area contributed by atoms with Gasteiger partial charge in [-0.25, -0.2) is 8.78 Å². The monoisotopic (exact) mass is 255 g/mol. The molecule has 2 unspecified atom stereocenters. The van der Waals surface area contributed by atoms with E-state index in [9.17, 15) is 8.78 Å². The molecule has 4 heteroatoms. The van der Waals surface area contributed by atoms with Crippen molar-refractivity contribution in [2.24, 2.45) is 5.92 Å². The summed E-state index contributed by atoms with van der Waals surface area (Å²) in [4.78, 5) is 0. The molecule has 1 fully saturated rings. The summed E-state index contributed by atoms with van der Waals surface area (Å²) in [5.74, 6) is -1.10. The zero-order valence-electron chi connectivity index (χ0n) is 10.7. The van der Waals surface area contributed by atoms with E-state index in [1.807, 2.05) is 14.0 Å². The minimum atomic E-state index is -0.812. The fourth-order valence-corrected chi connectivity index (χ4v) is 2.35. The van der Waals surface area contributed by atoms with Gasteiger partial charge >= 0.3 is 0 Å². The summed E-state index contributed by atoms with van der Waals surface area (Å²) in [7, 11) is 1.82. The molecule has 0 spiro atoms. The highest BCUT2D eigenvalue weighted by molar-refractivity contribution is 5.23. The zero-order valence-corrected chi connectivity index (χ0v) is 10.7. The van der Waals surface area contributed by atoms with Gasteiger partial charge in [0.05, 0.1) is 12.1 Å². The first-order chi connectivity index (χ1) is 8.67. The normalized spacial score (nSPS) is 18.7. The summed E-state index contributed by atoms with van der Waals surface area (Å²) in [5.41, 5.74) is 0.738. The van der Waals surface area contributed by atoms with Crippen molar-refractivity contribution < 1.29 is 13.5 Å². The van der Waals surface area contributed by atoms with Gasteiger partial charge in [-0.3, -0.25) is 0 Å². The lowest BCUT2D eigenvalue weighted by Crippen LogP contribution is -2.33. The Hall–Kier alpha value is -1.00. The first-order valence-electron chi connectivity index (χ1n) is 6.41. The van der Waals surface area contributed by atoms with Crippen LogP contribution in [0, 0.1) is 17.6 Å². The van der Waals surface area contributed by atoms with Crippen LogP contribution in [0.4, 0.5) is 8.78 Å². The highest BCUT2D eigenvalue weighted by atomic mass is 19.2. The van der Waals surface area contributed by atoms with Gasteiger partial charge in [-0.05, 0) is 50.4 Å². The van der Waals surface area contributed by atoms with Crippen LogP contribution in [0.1, 0.15) is 31.4 Å². The molecule has 2 nitrogen and oxygen atoms in total. The highest BCUT2D eigenvalue weighted by Gasteiger charge is 2.37. The molecule has 1 N–H and O–H groups in total. The van der Waals surface area contributed by atoms with Crippen LogP contribution in [0.5, 0.6) is 0 Å². The van der Waals surface area contributed by atoms with Crippen LogP contribution in [0.2, 0.25) is 0 Å². The van der Waals surface area contributed by atoms with Crippen molar-refractivity contribution in [1.29, 1.82) is 0 Å². The van der Waals surface area contributed by atoms with Gasteiger partial charge in [0.25, 0.3) is 0 Å². The van der Waals surface area contributed by atoms with Gasteiger partial charge in [-0.15, -0.1) is 0 Å². The molecule has 0 saturated heterocycles. The minimum Gasteiger partial charge on any atom is -0.376 e. The first kappa shape index (κ1) is 13.4. The molecule has 1 aliphatic carbocycles. The van der Waals surface area contributed by atoms with Crippen molar-refractivity contribution in [3.8, 4) is 0 Å². The van der Waals surface area contributed by atoms with Gasteiger partial charge in [0.15, 0.2) is 11.6 Å². The van der Waals surface area contributed by atoms with Crippen LogP contribution < -0.4 is 5.32 Å². The van der Waals surface area contributed by atoms with E-state index in [0.717, 1.165) is 18.4 Å². The molecule has 1 saturated carbocycles. The van der Waals surface area contributed by atoms with Gasteiger partial charge in [-0.1, -0.05) is 6.07 Å². The van der Waals surface area contributed by atoms with Crippen LogP contribution in [-0.2, 0) is 4.74 Å². The summed E-state index contributed by atoms with van der Waals surface area (Å²) >= 11 is 0. The molecule has 18 heavy (non-hydrogen) atoms. The molecule has 0 heterocycles. The fraction of sp³-hybridized carbons (Fsp3) is 0.571. The van der Waals surface area contributed by atoms with Gasteiger partial charge in [0, 0.05) is 6.61 Å². The maximum absolute atomic E-state index is 13.3. The second-order valence-corrected chi connectivity index (χ2v) is 4.70.